The van der Waals surface area contributed by atoms with E-state index in [-0.39, 0.29) is 11.8 Å². The summed E-state index contributed by atoms with van der Waals surface area (Å²) < 4.78 is 0. The zero-order valence-electron chi connectivity index (χ0n) is 14.5. The summed E-state index contributed by atoms with van der Waals surface area (Å²) in [6, 6.07) is 5.90. The second kappa shape index (κ2) is 8.14. The standard InChI is InChI=1S/C19H28N2O2/c1-4-7-18(22)20-12-16-9-6-11-21(13-16)19(23)17-10-5-8-14(2)15(17)3/h5,8,10,16H,4,6-7,9,11-13H2,1-3H3,(H,20,22)/t16-/m0/s1. The number of rotatable bonds is 5. The maximum Gasteiger partial charge on any atom is 0.254 e. The average molecular weight is 316 g/mol. The van der Waals surface area contributed by atoms with E-state index in [0.717, 1.165) is 49.0 Å². The fourth-order valence-electron chi connectivity index (χ4n) is 3.14. The van der Waals surface area contributed by atoms with Gasteiger partial charge in [0.25, 0.3) is 5.91 Å². The molecule has 0 bridgehead atoms. The van der Waals surface area contributed by atoms with E-state index in [1.54, 1.807) is 0 Å². The molecule has 2 amide bonds. The number of amides is 2. The Bertz CT molecular complexity index is 568. The summed E-state index contributed by atoms with van der Waals surface area (Å²) in [6.07, 6.45) is 3.53. The normalized spacial score (nSPS) is 17.9. The minimum Gasteiger partial charge on any atom is -0.356 e. The maximum absolute atomic E-state index is 12.8. The number of hydrogen-bond donors (Lipinski definition) is 1. The lowest BCUT2D eigenvalue weighted by atomic mass is 9.96. The van der Waals surface area contributed by atoms with Crippen LogP contribution in [0.5, 0.6) is 0 Å². The first-order valence-electron chi connectivity index (χ1n) is 8.65. The van der Waals surface area contributed by atoms with Gasteiger partial charge in [0.05, 0.1) is 0 Å². The highest BCUT2D eigenvalue weighted by Gasteiger charge is 2.25. The van der Waals surface area contributed by atoms with Gasteiger partial charge < -0.3 is 10.2 Å². The van der Waals surface area contributed by atoms with Crippen molar-refractivity contribution in [3.05, 3.63) is 34.9 Å². The van der Waals surface area contributed by atoms with E-state index in [9.17, 15) is 9.59 Å². The predicted octanol–water partition coefficient (Wildman–Crippen LogP) is 3.07. The van der Waals surface area contributed by atoms with Crippen LogP contribution in [0.4, 0.5) is 0 Å². The Morgan fingerprint density at radius 3 is 2.83 bits per heavy atom. The highest BCUT2D eigenvalue weighted by Crippen LogP contribution is 2.21. The van der Waals surface area contributed by atoms with Crippen LogP contribution in [0.15, 0.2) is 18.2 Å². The third-order valence-electron chi connectivity index (χ3n) is 4.71. The number of carbonyl (C=O) groups excluding carboxylic acids is 2. The van der Waals surface area contributed by atoms with E-state index in [0.29, 0.717) is 18.9 Å². The van der Waals surface area contributed by atoms with E-state index in [2.05, 4.69) is 5.32 Å². The largest absolute Gasteiger partial charge is 0.356 e. The quantitative estimate of drug-likeness (QED) is 0.907. The SMILES string of the molecule is CCCC(=O)NC[C@@H]1CCCN(C(=O)c2cccc(C)c2C)C1. The zero-order valence-corrected chi connectivity index (χ0v) is 14.5. The number of benzene rings is 1. The van der Waals surface area contributed by atoms with Gasteiger partial charge >= 0.3 is 0 Å². The molecule has 1 atom stereocenters. The molecule has 1 aromatic rings. The Balaban J connectivity index is 1.96. The third-order valence-corrected chi connectivity index (χ3v) is 4.71. The van der Waals surface area contributed by atoms with Gasteiger partial charge in [-0.25, -0.2) is 0 Å². The zero-order chi connectivity index (χ0) is 16.8. The van der Waals surface area contributed by atoms with Gasteiger partial charge in [-0.3, -0.25) is 9.59 Å². The lowest BCUT2D eigenvalue weighted by Gasteiger charge is -2.33. The van der Waals surface area contributed by atoms with Gasteiger partial charge in [-0.05, 0) is 56.2 Å². The molecule has 23 heavy (non-hydrogen) atoms. The van der Waals surface area contributed by atoms with Crippen molar-refractivity contribution >= 4 is 11.8 Å². The van der Waals surface area contributed by atoms with Crippen LogP contribution < -0.4 is 5.32 Å². The van der Waals surface area contributed by atoms with E-state index >= 15 is 0 Å². The van der Waals surface area contributed by atoms with E-state index in [4.69, 9.17) is 0 Å². The van der Waals surface area contributed by atoms with Crippen LogP contribution in [-0.4, -0.2) is 36.3 Å². The fraction of sp³-hybridized carbons (Fsp3) is 0.579. The van der Waals surface area contributed by atoms with Crippen molar-refractivity contribution in [1.29, 1.82) is 0 Å². The number of likely N-dealkylation sites (tertiary alicyclic amines) is 1. The summed E-state index contributed by atoms with van der Waals surface area (Å²) in [5, 5.41) is 3.00. The topological polar surface area (TPSA) is 49.4 Å². The van der Waals surface area contributed by atoms with Crippen molar-refractivity contribution in [2.75, 3.05) is 19.6 Å². The van der Waals surface area contributed by atoms with Crippen LogP contribution in [0, 0.1) is 19.8 Å². The van der Waals surface area contributed by atoms with Gasteiger partial charge in [0, 0.05) is 31.6 Å². The van der Waals surface area contributed by atoms with Gasteiger partial charge in [0.1, 0.15) is 0 Å². The van der Waals surface area contributed by atoms with Crippen molar-refractivity contribution in [3.63, 3.8) is 0 Å². The second-order valence-electron chi connectivity index (χ2n) is 6.56. The lowest BCUT2D eigenvalue weighted by Crippen LogP contribution is -2.43. The van der Waals surface area contributed by atoms with Crippen molar-refractivity contribution in [2.45, 2.75) is 46.5 Å². The van der Waals surface area contributed by atoms with Crippen LogP contribution in [-0.2, 0) is 4.79 Å². The van der Waals surface area contributed by atoms with Crippen LogP contribution >= 0.6 is 0 Å². The van der Waals surface area contributed by atoms with Gasteiger partial charge in [-0.2, -0.15) is 0 Å². The molecule has 1 aromatic carbocycles. The second-order valence-corrected chi connectivity index (χ2v) is 6.56. The Labute approximate surface area is 139 Å². The van der Waals surface area contributed by atoms with Crippen LogP contribution in [0.25, 0.3) is 0 Å². The monoisotopic (exact) mass is 316 g/mol. The highest BCUT2D eigenvalue weighted by atomic mass is 16.2. The van der Waals surface area contributed by atoms with Gasteiger partial charge in [-0.15, -0.1) is 0 Å². The number of hydrogen-bond acceptors (Lipinski definition) is 2. The molecule has 4 heteroatoms. The Morgan fingerprint density at radius 2 is 2.09 bits per heavy atom. The van der Waals surface area contributed by atoms with E-state index in [1.165, 1.54) is 0 Å². The Kier molecular flexibility index (Phi) is 6.20. The first kappa shape index (κ1) is 17.5. The van der Waals surface area contributed by atoms with Crippen molar-refractivity contribution in [2.24, 2.45) is 5.92 Å². The van der Waals surface area contributed by atoms with E-state index < -0.39 is 0 Å². The van der Waals surface area contributed by atoms with Crippen LogP contribution in [0.1, 0.15) is 54.1 Å². The van der Waals surface area contributed by atoms with Crippen molar-refractivity contribution in [1.82, 2.24) is 10.2 Å². The van der Waals surface area contributed by atoms with Crippen LogP contribution in [0.3, 0.4) is 0 Å². The molecule has 2 rings (SSSR count). The first-order chi connectivity index (χ1) is 11.0. The van der Waals surface area contributed by atoms with Crippen LogP contribution in [0.2, 0.25) is 0 Å². The molecule has 0 radical (unpaired) electrons. The highest BCUT2D eigenvalue weighted by molar-refractivity contribution is 5.96. The molecular formula is C19H28N2O2. The fourth-order valence-corrected chi connectivity index (χ4v) is 3.14. The van der Waals surface area contributed by atoms with E-state index in [1.807, 2.05) is 43.9 Å². The summed E-state index contributed by atoms with van der Waals surface area (Å²) in [5.41, 5.74) is 3.02. The molecule has 0 unspecified atom stereocenters. The average Bonchev–Trinajstić information content (AvgIpc) is 2.55. The first-order valence-corrected chi connectivity index (χ1v) is 8.65. The molecule has 1 aliphatic heterocycles. The third kappa shape index (κ3) is 4.57. The van der Waals surface area contributed by atoms with Gasteiger partial charge in [-0.1, -0.05) is 19.1 Å². The molecule has 1 N–H and O–H groups in total. The number of piperidine rings is 1. The molecule has 1 saturated heterocycles. The smallest absolute Gasteiger partial charge is 0.254 e. The summed E-state index contributed by atoms with van der Waals surface area (Å²) >= 11 is 0. The number of nitrogens with one attached hydrogen (secondary N) is 1. The minimum atomic E-state index is 0.116. The molecular weight excluding hydrogens is 288 g/mol. The molecule has 126 valence electrons. The molecule has 1 fully saturated rings. The van der Waals surface area contributed by atoms with Gasteiger partial charge in [0.15, 0.2) is 0 Å². The molecule has 0 aliphatic carbocycles. The number of nitrogens with zero attached hydrogens (tertiary/aromatic N) is 1. The Hall–Kier alpha value is -1.84. The summed E-state index contributed by atoms with van der Waals surface area (Å²) in [7, 11) is 0. The molecule has 1 aliphatic rings. The molecule has 4 nitrogen and oxygen atoms in total. The number of carbonyl (C=O) groups is 2. The molecule has 0 saturated carbocycles. The summed E-state index contributed by atoms with van der Waals surface area (Å²) in [6.45, 7) is 8.27. The molecule has 0 spiro atoms. The Morgan fingerprint density at radius 1 is 1.30 bits per heavy atom. The summed E-state index contributed by atoms with van der Waals surface area (Å²) in [4.78, 5) is 26.4. The lowest BCUT2D eigenvalue weighted by molar-refractivity contribution is -0.121. The van der Waals surface area contributed by atoms with Crippen molar-refractivity contribution in [3.8, 4) is 0 Å². The predicted molar refractivity (Wildman–Crippen MR) is 92.5 cm³/mol. The summed E-state index contributed by atoms with van der Waals surface area (Å²) in [5.74, 6) is 0.597. The van der Waals surface area contributed by atoms with Crippen molar-refractivity contribution < 1.29 is 9.59 Å². The molecule has 0 aromatic heterocycles. The molecule has 1 heterocycles. The van der Waals surface area contributed by atoms with Gasteiger partial charge in [0.2, 0.25) is 5.91 Å². The minimum absolute atomic E-state index is 0.116. The maximum atomic E-state index is 12.8. The number of aryl methyl sites for hydroxylation is 1.